The van der Waals surface area contributed by atoms with Gasteiger partial charge in [0.25, 0.3) is 0 Å². The van der Waals surface area contributed by atoms with Gasteiger partial charge in [-0.2, -0.15) is 0 Å². The van der Waals surface area contributed by atoms with Crippen molar-refractivity contribution in [2.75, 3.05) is 5.75 Å². The highest BCUT2D eigenvalue weighted by Crippen LogP contribution is 2.33. The van der Waals surface area contributed by atoms with Crippen LogP contribution in [0.2, 0.25) is 0 Å². The smallest absolute Gasteiger partial charge is 0.313 e. The van der Waals surface area contributed by atoms with Crippen LogP contribution in [0.1, 0.15) is 45.2 Å². The van der Waals surface area contributed by atoms with Gasteiger partial charge in [-0.05, 0) is 19.1 Å². The van der Waals surface area contributed by atoms with Gasteiger partial charge in [0.15, 0.2) is 5.16 Å². The number of carboxylic acids is 1. The minimum Gasteiger partial charge on any atom is -0.481 e. The van der Waals surface area contributed by atoms with Crippen molar-refractivity contribution < 1.29 is 14.3 Å². The molecule has 0 amide bonds. The number of nitrogens with zero attached hydrogens (tertiary/aromatic N) is 2. The third-order valence-corrected chi connectivity index (χ3v) is 4.15. The molecule has 2 rings (SSSR count). The Labute approximate surface area is 128 Å². The lowest BCUT2D eigenvalue weighted by atomic mass is 9.92. The minimum absolute atomic E-state index is 0.00846. The van der Waals surface area contributed by atoms with Gasteiger partial charge in [0.2, 0.25) is 0 Å². The van der Waals surface area contributed by atoms with E-state index in [0.29, 0.717) is 5.16 Å². The van der Waals surface area contributed by atoms with Crippen molar-refractivity contribution in [3.8, 4) is 0 Å². The number of imidazole rings is 1. The molecule has 0 fully saturated rings. The molecule has 0 radical (unpaired) electrons. The number of hydrogen-bond acceptors (Lipinski definition) is 4. The van der Waals surface area contributed by atoms with Crippen LogP contribution in [0.25, 0.3) is 0 Å². The molecule has 2 aromatic rings. The topological polar surface area (TPSA) is 68.3 Å². The third-order valence-electron chi connectivity index (χ3n) is 3.20. The maximum atomic E-state index is 10.8. The van der Waals surface area contributed by atoms with Crippen molar-refractivity contribution in [3.05, 3.63) is 36.0 Å². The monoisotopic (exact) mass is 308 g/mol. The number of furan rings is 1. The van der Waals surface area contributed by atoms with Crippen molar-refractivity contribution in [2.24, 2.45) is 0 Å². The second kappa shape index (κ2) is 5.97. The molecule has 21 heavy (non-hydrogen) atoms. The number of thioether (sulfide) groups is 1. The van der Waals surface area contributed by atoms with Crippen LogP contribution in [-0.2, 0) is 10.2 Å². The lowest BCUT2D eigenvalue weighted by Crippen LogP contribution is -2.21. The van der Waals surface area contributed by atoms with E-state index in [1.165, 1.54) is 11.8 Å². The van der Waals surface area contributed by atoms with Gasteiger partial charge < -0.3 is 14.1 Å². The second-order valence-corrected chi connectivity index (χ2v) is 6.86. The molecule has 114 valence electrons. The molecule has 0 spiro atoms. The van der Waals surface area contributed by atoms with E-state index in [4.69, 9.17) is 9.52 Å². The molecule has 6 heteroatoms. The quantitative estimate of drug-likeness (QED) is 0.855. The van der Waals surface area contributed by atoms with Crippen LogP contribution >= 0.6 is 11.8 Å². The number of aromatic nitrogens is 2. The predicted molar refractivity (Wildman–Crippen MR) is 81.8 cm³/mol. The maximum Gasteiger partial charge on any atom is 0.313 e. The van der Waals surface area contributed by atoms with E-state index in [-0.39, 0.29) is 17.2 Å². The Morgan fingerprint density at radius 2 is 2.24 bits per heavy atom. The molecular weight excluding hydrogens is 288 g/mol. The van der Waals surface area contributed by atoms with Gasteiger partial charge in [-0.3, -0.25) is 4.79 Å². The van der Waals surface area contributed by atoms with Gasteiger partial charge in [0.05, 0.1) is 18.1 Å². The Bertz CT molecular complexity index is 611. The average molecular weight is 308 g/mol. The SMILES string of the molecule is CC(c1ccco1)n1c(C(C)(C)C)cnc1SCC(=O)O. The zero-order chi connectivity index (χ0) is 15.6. The molecule has 0 aliphatic carbocycles. The summed E-state index contributed by atoms with van der Waals surface area (Å²) in [6.45, 7) is 8.36. The van der Waals surface area contributed by atoms with Crippen molar-refractivity contribution in [1.82, 2.24) is 9.55 Å². The Morgan fingerprint density at radius 3 is 2.76 bits per heavy atom. The summed E-state index contributed by atoms with van der Waals surface area (Å²) in [5, 5.41) is 9.58. The molecule has 1 atom stereocenters. The molecule has 2 heterocycles. The highest BCUT2D eigenvalue weighted by Gasteiger charge is 2.26. The fourth-order valence-corrected chi connectivity index (χ4v) is 2.94. The Hall–Kier alpha value is -1.69. The zero-order valence-corrected chi connectivity index (χ0v) is 13.5. The first-order chi connectivity index (χ1) is 9.80. The molecule has 0 aliphatic heterocycles. The molecule has 0 saturated carbocycles. The van der Waals surface area contributed by atoms with Crippen LogP contribution in [0.15, 0.2) is 34.2 Å². The summed E-state index contributed by atoms with van der Waals surface area (Å²) in [5.74, 6) is -0.0287. The number of carbonyl (C=O) groups is 1. The van der Waals surface area contributed by atoms with Crippen LogP contribution in [-0.4, -0.2) is 26.4 Å². The Morgan fingerprint density at radius 1 is 1.52 bits per heavy atom. The summed E-state index contributed by atoms with van der Waals surface area (Å²) >= 11 is 1.23. The molecule has 0 aliphatic rings. The standard InChI is InChI=1S/C15H20N2O3S/c1-10(11-6-5-7-20-11)17-12(15(2,3)4)8-16-14(17)21-9-13(18)19/h5-8,10H,9H2,1-4H3,(H,18,19). The highest BCUT2D eigenvalue weighted by molar-refractivity contribution is 7.99. The lowest BCUT2D eigenvalue weighted by Gasteiger charge is -2.25. The summed E-state index contributed by atoms with van der Waals surface area (Å²) in [5.41, 5.74) is 0.967. The van der Waals surface area contributed by atoms with Gasteiger partial charge in [0, 0.05) is 17.3 Å². The first-order valence-electron chi connectivity index (χ1n) is 6.76. The van der Waals surface area contributed by atoms with Crippen LogP contribution in [0.5, 0.6) is 0 Å². The van der Waals surface area contributed by atoms with Gasteiger partial charge in [-0.15, -0.1) is 0 Å². The summed E-state index contributed by atoms with van der Waals surface area (Å²) < 4.78 is 7.56. The van der Waals surface area contributed by atoms with E-state index in [2.05, 4.69) is 30.3 Å². The average Bonchev–Trinajstić information content (AvgIpc) is 3.03. The summed E-state index contributed by atoms with van der Waals surface area (Å²) in [6, 6.07) is 3.74. The van der Waals surface area contributed by atoms with Gasteiger partial charge in [0.1, 0.15) is 5.76 Å². The van der Waals surface area contributed by atoms with E-state index in [1.54, 1.807) is 6.26 Å². The van der Waals surface area contributed by atoms with Crippen LogP contribution < -0.4 is 0 Å². The van der Waals surface area contributed by atoms with Gasteiger partial charge in [-0.1, -0.05) is 32.5 Å². The molecule has 2 aromatic heterocycles. The molecule has 5 nitrogen and oxygen atoms in total. The largest absolute Gasteiger partial charge is 0.481 e. The van der Waals surface area contributed by atoms with Crippen LogP contribution in [0, 0.1) is 0 Å². The van der Waals surface area contributed by atoms with E-state index < -0.39 is 5.97 Å². The predicted octanol–water partition coefficient (Wildman–Crippen LogP) is 3.56. The summed E-state index contributed by atoms with van der Waals surface area (Å²) in [6.07, 6.45) is 3.47. The fourth-order valence-electron chi connectivity index (χ4n) is 2.16. The lowest BCUT2D eigenvalue weighted by molar-refractivity contribution is -0.133. The van der Waals surface area contributed by atoms with Crippen molar-refractivity contribution in [2.45, 2.75) is 44.3 Å². The van der Waals surface area contributed by atoms with E-state index in [9.17, 15) is 4.79 Å². The number of carboxylic acid groups (broad SMARTS) is 1. The van der Waals surface area contributed by atoms with E-state index in [0.717, 1.165) is 11.5 Å². The molecule has 0 bridgehead atoms. The van der Waals surface area contributed by atoms with Crippen molar-refractivity contribution in [1.29, 1.82) is 0 Å². The molecule has 1 N–H and O–H groups in total. The summed E-state index contributed by atoms with van der Waals surface area (Å²) in [7, 11) is 0. The fraction of sp³-hybridized carbons (Fsp3) is 0.467. The molecule has 1 unspecified atom stereocenters. The first-order valence-corrected chi connectivity index (χ1v) is 7.75. The zero-order valence-electron chi connectivity index (χ0n) is 12.7. The summed E-state index contributed by atoms with van der Waals surface area (Å²) in [4.78, 5) is 15.2. The normalized spacial score (nSPS) is 13.3. The second-order valence-electron chi connectivity index (χ2n) is 5.92. The van der Waals surface area contributed by atoms with Gasteiger partial charge >= 0.3 is 5.97 Å². The van der Waals surface area contributed by atoms with Gasteiger partial charge in [-0.25, -0.2) is 4.98 Å². The first kappa shape index (κ1) is 15.7. The Kier molecular flexibility index (Phi) is 4.46. The maximum absolute atomic E-state index is 10.8. The van der Waals surface area contributed by atoms with E-state index in [1.807, 2.05) is 25.3 Å². The van der Waals surface area contributed by atoms with Crippen molar-refractivity contribution >= 4 is 17.7 Å². The van der Waals surface area contributed by atoms with Crippen LogP contribution in [0.4, 0.5) is 0 Å². The molecule has 0 saturated heterocycles. The molecular formula is C15H20N2O3S. The third kappa shape index (κ3) is 3.50. The minimum atomic E-state index is -0.850. The number of rotatable bonds is 5. The number of hydrogen-bond donors (Lipinski definition) is 1. The van der Waals surface area contributed by atoms with E-state index >= 15 is 0 Å². The number of aliphatic carboxylic acids is 1. The Balaban J connectivity index is 2.43. The molecule has 0 aromatic carbocycles. The highest BCUT2D eigenvalue weighted by atomic mass is 32.2. The van der Waals surface area contributed by atoms with Crippen molar-refractivity contribution in [3.63, 3.8) is 0 Å². The van der Waals surface area contributed by atoms with Crippen LogP contribution in [0.3, 0.4) is 0 Å².